The topological polar surface area (TPSA) is 17.1 Å². The van der Waals surface area contributed by atoms with Crippen LogP contribution in [0, 0.1) is 0 Å². The average molecular weight is 564 g/mol. The Hall–Kier alpha value is -0.215. The number of halogens is 3. The molecule has 0 atom stereocenters. The fourth-order valence-electron chi connectivity index (χ4n) is 1.83. The van der Waals surface area contributed by atoms with Crippen LogP contribution in [-0.2, 0) is 45.6 Å². The number of allylic oxidation sites excluding steroid dienone is 2. The monoisotopic (exact) mass is 562 g/mol. The summed E-state index contributed by atoms with van der Waals surface area (Å²) in [6.45, 7) is 0. The average Bonchev–Trinajstić information content (AvgIpc) is 2.51. The zero-order valence-electron chi connectivity index (χ0n) is 12.2. The van der Waals surface area contributed by atoms with E-state index in [1.54, 1.807) is 12.2 Å². The Morgan fingerprint density at radius 2 is 1.25 bits per heavy atom. The smallest absolute Gasteiger partial charge is 0.219 e. The van der Waals surface area contributed by atoms with Gasteiger partial charge in [-0.25, -0.2) is 0 Å². The molecule has 0 aromatic heterocycles. The molecule has 0 unspecified atom stereocenters. The Morgan fingerprint density at radius 3 is 1.71 bits per heavy atom. The molecule has 1 nitrogen and oxygen atoms in total. The third-order valence-electron chi connectivity index (χ3n) is 2.91. The predicted molar refractivity (Wildman–Crippen MR) is 95.2 cm³/mol. The van der Waals surface area contributed by atoms with Gasteiger partial charge in [-0.15, -0.1) is 0 Å². The molecule has 2 aromatic rings. The Morgan fingerprint density at radius 1 is 0.792 bits per heavy atom. The van der Waals surface area contributed by atoms with Gasteiger partial charge in [-0.05, 0) is 23.3 Å². The van der Waals surface area contributed by atoms with Crippen molar-refractivity contribution in [2.75, 3.05) is 0 Å². The van der Waals surface area contributed by atoms with Gasteiger partial charge in [0.05, 0.1) is 5.57 Å². The van der Waals surface area contributed by atoms with Crippen LogP contribution in [0.5, 0.6) is 0 Å². The van der Waals surface area contributed by atoms with Gasteiger partial charge in [-0.2, -0.15) is 0 Å². The summed E-state index contributed by atoms with van der Waals surface area (Å²) >= 11 is 17.8. The normalized spacial score (nSPS) is 11.5. The second kappa shape index (κ2) is 11.4. The number of rotatable bonds is 4. The molecule has 0 N–H and O–H groups in total. The first-order chi connectivity index (χ1) is 10.5. The molecule has 0 radical (unpaired) electrons. The minimum Gasteiger partial charge on any atom is -0.289 e. The maximum Gasteiger partial charge on any atom is 0.219 e. The molecule has 24 heavy (non-hydrogen) atoms. The van der Waals surface area contributed by atoms with Crippen molar-refractivity contribution >= 4 is 52.7 Å². The van der Waals surface area contributed by atoms with Gasteiger partial charge in [0.2, 0.25) is 3.79 Å². The van der Waals surface area contributed by atoms with E-state index in [9.17, 15) is 4.79 Å². The van der Waals surface area contributed by atoms with Gasteiger partial charge in [-0.3, -0.25) is 4.79 Å². The van der Waals surface area contributed by atoms with Crippen LogP contribution in [0.2, 0.25) is 0 Å². The number of benzene rings is 2. The summed E-state index contributed by atoms with van der Waals surface area (Å²) in [5.41, 5.74) is 1.81. The molecule has 0 aliphatic rings. The van der Waals surface area contributed by atoms with E-state index in [2.05, 4.69) is 0 Å². The number of ketones is 1. The molecule has 0 heterocycles. The van der Waals surface area contributed by atoms with Crippen molar-refractivity contribution in [1.82, 2.24) is 0 Å². The molecule has 0 amide bonds. The molecule has 0 saturated carbocycles. The van der Waals surface area contributed by atoms with Crippen LogP contribution >= 0.6 is 34.8 Å². The van der Waals surface area contributed by atoms with Crippen LogP contribution in [0.1, 0.15) is 11.1 Å². The maximum atomic E-state index is 12.4. The molecular formula is C18H13Cl3OPd2. The molecule has 2 rings (SSSR count). The summed E-state index contributed by atoms with van der Waals surface area (Å²) < 4.78 is -1.78. The van der Waals surface area contributed by atoms with Crippen LogP contribution < -0.4 is 0 Å². The first-order valence-corrected chi connectivity index (χ1v) is 7.71. The van der Waals surface area contributed by atoms with E-state index in [-0.39, 0.29) is 52.2 Å². The SMILES string of the molecule is O=C(C=Cc1ccccc1)C(=Cc1ccccc1)C(Cl)(Cl)Cl.[Pd].[Pd]. The zero-order valence-corrected chi connectivity index (χ0v) is 17.6. The van der Waals surface area contributed by atoms with Crippen LogP contribution in [-0.4, -0.2) is 9.58 Å². The Kier molecular flexibility index (Phi) is 11.3. The van der Waals surface area contributed by atoms with Crippen molar-refractivity contribution < 1.29 is 45.6 Å². The number of hydrogen-bond donors (Lipinski definition) is 0. The Bertz CT molecular complexity index is 693. The summed E-state index contributed by atoms with van der Waals surface area (Å²) in [6.07, 6.45) is 4.69. The summed E-state index contributed by atoms with van der Waals surface area (Å²) in [4.78, 5) is 12.4. The third kappa shape index (κ3) is 7.78. The minimum atomic E-state index is -1.78. The zero-order chi connectivity index (χ0) is 16.0. The first-order valence-electron chi connectivity index (χ1n) is 6.58. The molecule has 0 fully saturated rings. The fourth-order valence-corrected chi connectivity index (χ4v) is 2.28. The molecule has 0 aliphatic carbocycles. The summed E-state index contributed by atoms with van der Waals surface area (Å²) in [5.74, 6) is -0.340. The van der Waals surface area contributed by atoms with E-state index in [0.29, 0.717) is 0 Å². The van der Waals surface area contributed by atoms with E-state index in [4.69, 9.17) is 34.8 Å². The molecule has 0 aliphatic heterocycles. The largest absolute Gasteiger partial charge is 0.289 e. The van der Waals surface area contributed by atoms with Crippen LogP contribution in [0.25, 0.3) is 12.2 Å². The molecule has 0 saturated heterocycles. The molecule has 0 spiro atoms. The van der Waals surface area contributed by atoms with E-state index in [1.807, 2.05) is 60.7 Å². The summed E-state index contributed by atoms with van der Waals surface area (Å²) in [5, 5.41) is 0. The Balaban J connectivity index is 0.00000264. The standard InChI is InChI=1S/C18H13Cl3O.2Pd/c19-18(20,21)16(13-15-9-5-2-6-10-15)17(22)12-11-14-7-3-1-4-8-14;;/h1-13H;;. The number of hydrogen-bond acceptors (Lipinski definition) is 1. The van der Waals surface area contributed by atoms with E-state index in [0.717, 1.165) is 11.1 Å². The van der Waals surface area contributed by atoms with Crippen molar-refractivity contribution in [2.24, 2.45) is 0 Å². The van der Waals surface area contributed by atoms with Gasteiger partial charge in [0, 0.05) is 40.8 Å². The van der Waals surface area contributed by atoms with Crippen molar-refractivity contribution in [3.8, 4) is 0 Å². The van der Waals surface area contributed by atoms with Gasteiger partial charge < -0.3 is 0 Å². The fraction of sp³-hybridized carbons (Fsp3) is 0.0556. The van der Waals surface area contributed by atoms with Gasteiger partial charge >= 0.3 is 0 Å². The van der Waals surface area contributed by atoms with E-state index in [1.165, 1.54) is 6.08 Å². The second-order valence-electron chi connectivity index (χ2n) is 4.57. The number of carbonyl (C=O) groups excluding carboxylic acids is 1. The molecule has 0 bridgehead atoms. The quantitative estimate of drug-likeness (QED) is 0.264. The van der Waals surface area contributed by atoms with Crippen molar-refractivity contribution in [1.29, 1.82) is 0 Å². The number of carbonyl (C=O) groups is 1. The molecule has 6 heteroatoms. The molecule has 132 valence electrons. The van der Waals surface area contributed by atoms with Crippen molar-refractivity contribution in [3.05, 3.63) is 83.4 Å². The minimum absolute atomic E-state index is 0. The van der Waals surface area contributed by atoms with E-state index < -0.39 is 3.79 Å². The van der Waals surface area contributed by atoms with Crippen LogP contribution in [0.4, 0.5) is 0 Å². The van der Waals surface area contributed by atoms with Gasteiger partial charge in [0.15, 0.2) is 5.78 Å². The summed E-state index contributed by atoms with van der Waals surface area (Å²) in [7, 11) is 0. The van der Waals surface area contributed by atoms with Gasteiger partial charge in [0.25, 0.3) is 0 Å². The van der Waals surface area contributed by atoms with Crippen LogP contribution in [0.15, 0.2) is 72.3 Å². The number of alkyl halides is 3. The van der Waals surface area contributed by atoms with Gasteiger partial charge in [-0.1, -0.05) is 102 Å². The predicted octanol–water partition coefficient (Wildman–Crippen LogP) is 5.72. The Labute approximate surface area is 184 Å². The van der Waals surface area contributed by atoms with Gasteiger partial charge in [0.1, 0.15) is 0 Å². The van der Waals surface area contributed by atoms with Crippen LogP contribution in [0.3, 0.4) is 0 Å². The molecule has 2 aromatic carbocycles. The van der Waals surface area contributed by atoms with E-state index >= 15 is 0 Å². The summed E-state index contributed by atoms with van der Waals surface area (Å²) in [6, 6.07) is 18.7. The first kappa shape index (κ1) is 23.8. The van der Waals surface area contributed by atoms with Crippen molar-refractivity contribution in [3.63, 3.8) is 0 Å². The second-order valence-corrected chi connectivity index (χ2v) is 6.86. The molecular weight excluding hydrogens is 551 g/mol. The third-order valence-corrected chi connectivity index (χ3v) is 3.52. The van der Waals surface area contributed by atoms with Crippen molar-refractivity contribution in [2.45, 2.75) is 3.79 Å². The maximum absolute atomic E-state index is 12.4.